The second kappa shape index (κ2) is 4.33. The van der Waals surface area contributed by atoms with Gasteiger partial charge in [-0.25, -0.2) is 4.68 Å². The smallest absolute Gasteiger partial charge is 0.333 e. The lowest BCUT2D eigenvalue weighted by molar-refractivity contribution is -0.384. The van der Waals surface area contributed by atoms with Crippen LogP contribution in [0.25, 0.3) is 0 Å². The zero-order valence-corrected chi connectivity index (χ0v) is 9.96. The fourth-order valence-corrected chi connectivity index (χ4v) is 2.35. The monoisotopic (exact) mass is 240 g/mol. The minimum Gasteiger partial charge on any atom is -0.391 e. The lowest BCUT2D eigenvalue weighted by Gasteiger charge is -2.30. The number of hydrogen-bond donors (Lipinski definition) is 1. The van der Waals surface area contributed by atoms with Crippen LogP contribution in [0.5, 0.6) is 0 Å². The summed E-state index contributed by atoms with van der Waals surface area (Å²) >= 11 is 0. The molecule has 1 aromatic heterocycles. The molecule has 0 aromatic carbocycles. The van der Waals surface area contributed by atoms with Gasteiger partial charge in [0.25, 0.3) is 0 Å². The minimum atomic E-state index is -0.418. The van der Waals surface area contributed by atoms with E-state index in [1.807, 2.05) is 4.90 Å². The number of aryl methyl sites for hydroxylation is 2. The molecule has 94 valence electrons. The molecular formula is C10H16N4O3. The van der Waals surface area contributed by atoms with Crippen LogP contribution < -0.4 is 4.90 Å². The maximum absolute atomic E-state index is 11.0. The number of β-amino-alcohol motifs (C(OH)–C–C–N with tert-alkyl or cyclic N) is 1. The van der Waals surface area contributed by atoms with Gasteiger partial charge >= 0.3 is 5.69 Å². The molecule has 1 aliphatic rings. The Kier molecular flexibility index (Phi) is 3.01. The molecule has 17 heavy (non-hydrogen) atoms. The van der Waals surface area contributed by atoms with E-state index in [1.54, 1.807) is 14.0 Å². The third kappa shape index (κ3) is 2.10. The van der Waals surface area contributed by atoms with Crippen LogP contribution in [0.15, 0.2) is 0 Å². The average molecular weight is 240 g/mol. The van der Waals surface area contributed by atoms with Crippen molar-refractivity contribution in [2.45, 2.75) is 25.9 Å². The second-order valence-electron chi connectivity index (χ2n) is 4.38. The quantitative estimate of drug-likeness (QED) is 0.604. The highest BCUT2D eigenvalue weighted by Crippen LogP contribution is 2.32. The van der Waals surface area contributed by atoms with Crippen LogP contribution in [0, 0.1) is 17.0 Å². The van der Waals surface area contributed by atoms with Gasteiger partial charge < -0.3 is 10.0 Å². The Morgan fingerprint density at radius 2 is 2.29 bits per heavy atom. The van der Waals surface area contributed by atoms with Crippen molar-refractivity contribution in [3.05, 3.63) is 15.8 Å². The SMILES string of the molecule is Cc1nn(C)c(N2CCCC(O)C2)c1[N+](=O)[O-]. The number of aromatic nitrogens is 2. The number of aliphatic hydroxyl groups excluding tert-OH is 1. The highest BCUT2D eigenvalue weighted by Gasteiger charge is 2.30. The molecule has 7 heteroatoms. The molecule has 0 radical (unpaired) electrons. The predicted octanol–water partition coefficient (Wildman–Crippen LogP) is 0.598. The lowest BCUT2D eigenvalue weighted by atomic mass is 10.1. The summed E-state index contributed by atoms with van der Waals surface area (Å²) in [6.07, 6.45) is 1.17. The normalized spacial score (nSPS) is 20.6. The summed E-state index contributed by atoms with van der Waals surface area (Å²) in [6.45, 7) is 2.78. The van der Waals surface area contributed by atoms with Gasteiger partial charge in [-0.3, -0.25) is 10.1 Å². The van der Waals surface area contributed by atoms with E-state index in [4.69, 9.17) is 0 Å². The van der Waals surface area contributed by atoms with Crippen LogP contribution >= 0.6 is 0 Å². The van der Waals surface area contributed by atoms with E-state index in [9.17, 15) is 15.2 Å². The Balaban J connectivity index is 2.40. The number of rotatable bonds is 2. The zero-order valence-electron chi connectivity index (χ0n) is 9.96. The van der Waals surface area contributed by atoms with E-state index in [1.165, 1.54) is 4.68 Å². The molecule has 1 aliphatic heterocycles. The summed E-state index contributed by atoms with van der Waals surface area (Å²) < 4.78 is 1.52. The predicted molar refractivity (Wildman–Crippen MR) is 62.1 cm³/mol. The standard InChI is InChI=1S/C10H16N4O3/c1-7-9(14(16)17)10(12(2)11-7)13-5-3-4-8(15)6-13/h8,15H,3-6H2,1-2H3. The first kappa shape index (κ1) is 11.8. The van der Waals surface area contributed by atoms with Crippen LogP contribution in [-0.4, -0.2) is 39.0 Å². The van der Waals surface area contributed by atoms with Gasteiger partial charge in [0, 0.05) is 20.1 Å². The summed E-state index contributed by atoms with van der Waals surface area (Å²) in [4.78, 5) is 12.5. The average Bonchev–Trinajstić information content (AvgIpc) is 2.53. The van der Waals surface area contributed by atoms with Gasteiger partial charge in [-0.15, -0.1) is 0 Å². The van der Waals surface area contributed by atoms with Crippen molar-refractivity contribution >= 4 is 11.5 Å². The largest absolute Gasteiger partial charge is 0.391 e. The van der Waals surface area contributed by atoms with Crippen molar-refractivity contribution in [1.29, 1.82) is 0 Å². The van der Waals surface area contributed by atoms with Crippen LogP contribution in [0.3, 0.4) is 0 Å². The van der Waals surface area contributed by atoms with E-state index in [0.717, 1.165) is 19.4 Å². The molecular weight excluding hydrogens is 224 g/mol. The topological polar surface area (TPSA) is 84.4 Å². The van der Waals surface area contributed by atoms with E-state index >= 15 is 0 Å². The maximum Gasteiger partial charge on any atom is 0.333 e. The minimum absolute atomic E-state index is 0.0431. The van der Waals surface area contributed by atoms with Gasteiger partial charge in [0.05, 0.1) is 11.0 Å². The molecule has 7 nitrogen and oxygen atoms in total. The van der Waals surface area contributed by atoms with Crippen molar-refractivity contribution < 1.29 is 10.0 Å². The fraction of sp³-hybridized carbons (Fsp3) is 0.700. The first-order valence-electron chi connectivity index (χ1n) is 5.61. The Morgan fingerprint density at radius 1 is 1.59 bits per heavy atom. The van der Waals surface area contributed by atoms with Crippen molar-refractivity contribution in [3.8, 4) is 0 Å². The van der Waals surface area contributed by atoms with Crippen molar-refractivity contribution in [2.75, 3.05) is 18.0 Å². The van der Waals surface area contributed by atoms with E-state index in [0.29, 0.717) is 18.1 Å². The number of aliphatic hydroxyl groups is 1. The van der Waals surface area contributed by atoms with Crippen molar-refractivity contribution in [3.63, 3.8) is 0 Å². The van der Waals surface area contributed by atoms with Gasteiger partial charge in [-0.2, -0.15) is 5.10 Å². The fourth-order valence-electron chi connectivity index (χ4n) is 2.35. The Morgan fingerprint density at radius 3 is 2.88 bits per heavy atom. The first-order chi connectivity index (χ1) is 8.00. The van der Waals surface area contributed by atoms with Crippen molar-refractivity contribution in [1.82, 2.24) is 9.78 Å². The molecule has 1 fully saturated rings. The number of piperidine rings is 1. The highest BCUT2D eigenvalue weighted by molar-refractivity contribution is 5.61. The number of hydrogen-bond acceptors (Lipinski definition) is 5. The Hall–Kier alpha value is -1.63. The Labute approximate surface area is 98.8 Å². The molecule has 0 saturated carbocycles. The summed E-state index contributed by atoms with van der Waals surface area (Å²) in [7, 11) is 1.69. The molecule has 2 rings (SSSR count). The highest BCUT2D eigenvalue weighted by atomic mass is 16.6. The third-order valence-electron chi connectivity index (χ3n) is 3.04. The molecule has 1 unspecified atom stereocenters. The zero-order chi connectivity index (χ0) is 12.6. The number of nitrogens with zero attached hydrogens (tertiary/aromatic N) is 4. The van der Waals surface area contributed by atoms with Crippen LogP contribution in [0.4, 0.5) is 11.5 Å². The summed E-state index contributed by atoms with van der Waals surface area (Å²) in [5, 5.41) is 24.8. The summed E-state index contributed by atoms with van der Waals surface area (Å²) in [6, 6.07) is 0. The molecule has 1 aromatic rings. The van der Waals surface area contributed by atoms with Gasteiger partial charge in [0.2, 0.25) is 5.82 Å². The van der Waals surface area contributed by atoms with Crippen molar-refractivity contribution in [2.24, 2.45) is 7.05 Å². The van der Waals surface area contributed by atoms with Crippen LogP contribution in [0.2, 0.25) is 0 Å². The van der Waals surface area contributed by atoms with Crippen LogP contribution in [0.1, 0.15) is 18.5 Å². The van der Waals surface area contributed by atoms with Gasteiger partial charge in [-0.05, 0) is 19.8 Å². The molecule has 0 bridgehead atoms. The van der Waals surface area contributed by atoms with E-state index in [2.05, 4.69) is 5.10 Å². The van der Waals surface area contributed by atoms with Gasteiger partial charge in [-0.1, -0.05) is 0 Å². The van der Waals surface area contributed by atoms with Gasteiger partial charge in [0.1, 0.15) is 5.69 Å². The molecule has 0 spiro atoms. The molecule has 0 aliphatic carbocycles. The van der Waals surface area contributed by atoms with Crippen LogP contribution in [-0.2, 0) is 7.05 Å². The third-order valence-corrected chi connectivity index (χ3v) is 3.04. The number of nitro groups is 1. The first-order valence-corrected chi connectivity index (χ1v) is 5.61. The molecule has 2 heterocycles. The summed E-state index contributed by atoms with van der Waals surface area (Å²) in [5.74, 6) is 0.492. The maximum atomic E-state index is 11.0. The molecule has 0 amide bonds. The lowest BCUT2D eigenvalue weighted by Crippen LogP contribution is -2.39. The van der Waals surface area contributed by atoms with E-state index < -0.39 is 11.0 Å². The molecule has 1 atom stereocenters. The molecule has 1 N–H and O–H groups in total. The summed E-state index contributed by atoms with van der Waals surface area (Å²) in [5.41, 5.74) is 0.453. The number of anilines is 1. The second-order valence-corrected chi connectivity index (χ2v) is 4.38. The van der Waals surface area contributed by atoms with Gasteiger partial charge in [0.15, 0.2) is 0 Å². The van der Waals surface area contributed by atoms with E-state index in [-0.39, 0.29) is 5.69 Å². The Bertz CT molecular complexity index is 443. The molecule has 1 saturated heterocycles.